The van der Waals surface area contributed by atoms with Crippen molar-refractivity contribution in [1.29, 1.82) is 0 Å². The lowest BCUT2D eigenvalue weighted by atomic mass is 10.2. The molecule has 1 heterocycles. The molecule has 2 rings (SSSR count). The molecule has 1 aromatic rings. The molecule has 0 bridgehead atoms. The number of aromatic nitrogens is 2. The van der Waals surface area contributed by atoms with Gasteiger partial charge >= 0.3 is 0 Å². The maximum absolute atomic E-state index is 9.12. The van der Waals surface area contributed by atoms with Crippen molar-refractivity contribution in [3.05, 3.63) is 17.0 Å². The van der Waals surface area contributed by atoms with E-state index in [0.29, 0.717) is 12.6 Å². The molecule has 18 heavy (non-hydrogen) atoms. The fourth-order valence-corrected chi connectivity index (χ4v) is 2.44. The molecule has 0 unspecified atom stereocenters. The van der Waals surface area contributed by atoms with E-state index in [9.17, 15) is 0 Å². The second-order valence-corrected chi connectivity index (χ2v) is 5.02. The Hall–Kier alpha value is -0.910. The molecule has 0 saturated heterocycles. The number of rotatable bonds is 7. The normalized spacial score (nSPS) is 15.6. The first-order chi connectivity index (χ1) is 8.67. The fraction of sp³-hybridized carbons (Fsp3) is 0.769. The van der Waals surface area contributed by atoms with Gasteiger partial charge in [-0.3, -0.25) is 9.58 Å². The third-order valence-electron chi connectivity index (χ3n) is 3.65. The molecule has 0 aromatic carbocycles. The maximum Gasteiger partial charge on any atom is 0.0644 e. The van der Waals surface area contributed by atoms with Gasteiger partial charge in [-0.1, -0.05) is 0 Å². The minimum absolute atomic E-state index is 0.115. The first-order valence-electron chi connectivity index (χ1n) is 6.66. The number of nitrogens with zero attached hydrogens (tertiary/aromatic N) is 3. The highest BCUT2D eigenvalue weighted by Crippen LogP contribution is 2.29. The van der Waals surface area contributed by atoms with Crippen LogP contribution in [0.15, 0.2) is 0 Å². The van der Waals surface area contributed by atoms with E-state index in [0.717, 1.165) is 24.5 Å². The zero-order valence-corrected chi connectivity index (χ0v) is 11.3. The third-order valence-corrected chi connectivity index (χ3v) is 3.65. The van der Waals surface area contributed by atoms with Gasteiger partial charge < -0.3 is 10.2 Å². The summed E-state index contributed by atoms with van der Waals surface area (Å²) in [5.41, 5.74) is 3.40. The number of aliphatic hydroxyl groups is 2. The van der Waals surface area contributed by atoms with E-state index in [2.05, 4.69) is 16.9 Å². The second-order valence-electron chi connectivity index (χ2n) is 5.02. The molecule has 1 fully saturated rings. The highest BCUT2D eigenvalue weighted by atomic mass is 16.3. The topological polar surface area (TPSA) is 61.5 Å². The molecule has 1 aliphatic carbocycles. The van der Waals surface area contributed by atoms with Gasteiger partial charge in [0, 0.05) is 30.4 Å². The largest absolute Gasteiger partial charge is 0.395 e. The predicted octanol–water partition coefficient (Wildman–Crippen LogP) is 0.449. The summed E-state index contributed by atoms with van der Waals surface area (Å²) in [5.74, 6) is 0. The van der Waals surface area contributed by atoms with Crippen LogP contribution in [-0.4, -0.2) is 50.7 Å². The average molecular weight is 253 g/mol. The van der Waals surface area contributed by atoms with E-state index in [1.807, 2.05) is 11.6 Å². The lowest BCUT2D eigenvalue weighted by molar-refractivity contribution is 0.183. The predicted molar refractivity (Wildman–Crippen MR) is 69.3 cm³/mol. The van der Waals surface area contributed by atoms with Crippen LogP contribution in [0.5, 0.6) is 0 Å². The van der Waals surface area contributed by atoms with Crippen molar-refractivity contribution in [3.63, 3.8) is 0 Å². The smallest absolute Gasteiger partial charge is 0.0644 e. The molecule has 1 aliphatic rings. The Kier molecular flexibility index (Phi) is 4.37. The van der Waals surface area contributed by atoms with E-state index < -0.39 is 0 Å². The van der Waals surface area contributed by atoms with Crippen LogP contribution in [0, 0.1) is 13.8 Å². The van der Waals surface area contributed by atoms with Crippen LogP contribution in [0.1, 0.15) is 29.8 Å². The summed E-state index contributed by atoms with van der Waals surface area (Å²) in [6, 6.07) is 0.636. The summed E-state index contributed by atoms with van der Waals surface area (Å²) in [6.07, 6.45) is 2.48. The molecular weight excluding hydrogens is 230 g/mol. The SMILES string of the molecule is Cc1nn(CCO)c(C)c1CN(CCO)C1CC1. The third kappa shape index (κ3) is 2.91. The van der Waals surface area contributed by atoms with Gasteiger partial charge in [0.1, 0.15) is 0 Å². The summed E-state index contributed by atoms with van der Waals surface area (Å²) in [5, 5.41) is 22.6. The molecule has 5 heteroatoms. The molecule has 5 nitrogen and oxygen atoms in total. The molecule has 2 N–H and O–H groups in total. The van der Waals surface area contributed by atoms with Crippen LogP contribution in [0.25, 0.3) is 0 Å². The van der Waals surface area contributed by atoms with Crippen molar-refractivity contribution in [2.75, 3.05) is 19.8 Å². The van der Waals surface area contributed by atoms with Crippen molar-refractivity contribution >= 4 is 0 Å². The Labute approximate surface area is 108 Å². The van der Waals surface area contributed by atoms with Gasteiger partial charge in [0.05, 0.1) is 25.5 Å². The monoisotopic (exact) mass is 253 g/mol. The van der Waals surface area contributed by atoms with Crippen molar-refractivity contribution < 1.29 is 10.2 Å². The van der Waals surface area contributed by atoms with Gasteiger partial charge in [-0.15, -0.1) is 0 Å². The Morgan fingerprint density at radius 3 is 2.56 bits per heavy atom. The highest BCUT2D eigenvalue weighted by Gasteiger charge is 2.29. The number of aliphatic hydroxyl groups excluding tert-OH is 2. The molecule has 1 saturated carbocycles. The zero-order chi connectivity index (χ0) is 13.1. The van der Waals surface area contributed by atoms with Crippen LogP contribution in [0.4, 0.5) is 0 Å². The number of hydrogen-bond donors (Lipinski definition) is 2. The van der Waals surface area contributed by atoms with Gasteiger partial charge in [-0.2, -0.15) is 5.10 Å². The summed E-state index contributed by atoms with van der Waals surface area (Å²) in [6.45, 7) is 6.53. The van der Waals surface area contributed by atoms with E-state index >= 15 is 0 Å². The quantitative estimate of drug-likeness (QED) is 0.740. The van der Waals surface area contributed by atoms with Crippen LogP contribution in [0.2, 0.25) is 0 Å². The van der Waals surface area contributed by atoms with Crippen LogP contribution < -0.4 is 0 Å². The molecule has 0 radical (unpaired) electrons. The molecule has 0 atom stereocenters. The van der Waals surface area contributed by atoms with Crippen LogP contribution in [0.3, 0.4) is 0 Å². The van der Waals surface area contributed by atoms with Gasteiger partial charge in [0.2, 0.25) is 0 Å². The van der Waals surface area contributed by atoms with Gasteiger partial charge in [-0.05, 0) is 26.7 Å². The van der Waals surface area contributed by atoms with E-state index in [1.165, 1.54) is 18.4 Å². The van der Waals surface area contributed by atoms with Crippen LogP contribution in [-0.2, 0) is 13.1 Å². The lowest BCUT2D eigenvalue weighted by Crippen LogP contribution is -2.29. The minimum Gasteiger partial charge on any atom is -0.395 e. The highest BCUT2D eigenvalue weighted by molar-refractivity contribution is 5.24. The summed E-state index contributed by atoms with van der Waals surface area (Å²) in [4.78, 5) is 2.33. The molecule has 1 aromatic heterocycles. The molecular formula is C13H23N3O2. The van der Waals surface area contributed by atoms with Crippen LogP contribution >= 0.6 is 0 Å². The van der Waals surface area contributed by atoms with Gasteiger partial charge in [0.25, 0.3) is 0 Å². The first-order valence-corrected chi connectivity index (χ1v) is 6.66. The molecule has 0 amide bonds. The minimum atomic E-state index is 0.115. The van der Waals surface area contributed by atoms with E-state index in [1.54, 1.807) is 0 Å². The van der Waals surface area contributed by atoms with Crippen molar-refractivity contribution in [2.24, 2.45) is 0 Å². The second kappa shape index (κ2) is 5.82. The fourth-order valence-electron chi connectivity index (χ4n) is 2.44. The zero-order valence-electron chi connectivity index (χ0n) is 11.3. The average Bonchev–Trinajstić information content (AvgIpc) is 3.13. The number of hydrogen-bond acceptors (Lipinski definition) is 4. The Bertz CT molecular complexity index is 399. The lowest BCUT2D eigenvalue weighted by Gasteiger charge is -2.21. The standard InChI is InChI=1S/C13H23N3O2/c1-10-13(11(2)16(14-10)6-8-18)9-15(5-7-17)12-3-4-12/h12,17-18H,3-9H2,1-2H3. The van der Waals surface area contributed by atoms with Crippen molar-refractivity contribution in [3.8, 4) is 0 Å². The molecule has 0 spiro atoms. The molecule has 102 valence electrons. The van der Waals surface area contributed by atoms with Crippen molar-refractivity contribution in [2.45, 2.75) is 45.8 Å². The number of aryl methyl sites for hydroxylation is 1. The Morgan fingerprint density at radius 2 is 2.00 bits per heavy atom. The maximum atomic E-state index is 9.12. The van der Waals surface area contributed by atoms with Gasteiger partial charge in [-0.25, -0.2) is 0 Å². The van der Waals surface area contributed by atoms with Crippen molar-refractivity contribution in [1.82, 2.24) is 14.7 Å². The van der Waals surface area contributed by atoms with Gasteiger partial charge in [0.15, 0.2) is 0 Å². The van der Waals surface area contributed by atoms with E-state index in [4.69, 9.17) is 10.2 Å². The summed E-state index contributed by atoms with van der Waals surface area (Å²) in [7, 11) is 0. The Balaban J connectivity index is 2.11. The Morgan fingerprint density at radius 1 is 1.28 bits per heavy atom. The van der Waals surface area contributed by atoms with E-state index in [-0.39, 0.29) is 13.2 Å². The first kappa shape index (κ1) is 13.5. The summed E-state index contributed by atoms with van der Waals surface area (Å²) < 4.78 is 1.87. The molecule has 0 aliphatic heterocycles. The summed E-state index contributed by atoms with van der Waals surface area (Å²) >= 11 is 0.